The van der Waals surface area contributed by atoms with Gasteiger partial charge in [0.15, 0.2) is 12.6 Å². The molecule has 0 saturated carbocycles. The van der Waals surface area contributed by atoms with Gasteiger partial charge in [-0.3, -0.25) is 0 Å². The maximum absolute atomic E-state index is 9.28. The monoisotopic (exact) mass is 398 g/mol. The maximum atomic E-state index is 9.28. The Morgan fingerprint density at radius 3 is 1.25 bits per heavy atom. The van der Waals surface area contributed by atoms with Crippen LogP contribution in [0, 0.1) is 0 Å². The number of aliphatic hydroxyl groups excluding tert-OH is 2. The molecule has 0 aliphatic carbocycles. The third-order valence-electron chi connectivity index (χ3n) is 4.95. The Morgan fingerprint density at radius 1 is 0.571 bits per heavy atom. The number of rotatable bonds is 15. The van der Waals surface area contributed by atoms with E-state index in [9.17, 15) is 10.2 Å². The van der Waals surface area contributed by atoms with E-state index in [0.717, 1.165) is 26.1 Å². The maximum Gasteiger partial charge on any atom is 0.177 e. The third-order valence-corrected chi connectivity index (χ3v) is 4.95. The van der Waals surface area contributed by atoms with E-state index in [0.29, 0.717) is 13.2 Å². The van der Waals surface area contributed by atoms with Crippen LogP contribution in [0.5, 0.6) is 0 Å². The fourth-order valence-corrected chi connectivity index (χ4v) is 3.27. The smallest absolute Gasteiger partial charge is 0.177 e. The highest BCUT2D eigenvalue weighted by Crippen LogP contribution is 2.13. The molecule has 0 fully saturated rings. The number of unbranched alkanes of at least 4 members (excludes halogenated alkanes) is 9. The Morgan fingerprint density at radius 2 is 0.929 bits per heavy atom. The van der Waals surface area contributed by atoms with Crippen LogP contribution in [0.25, 0.3) is 0 Å². The topological polar surface area (TPSA) is 77.4 Å². The van der Waals surface area contributed by atoms with Gasteiger partial charge in [-0.2, -0.15) is 0 Å². The van der Waals surface area contributed by atoms with Crippen LogP contribution in [0.4, 0.5) is 0 Å². The highest BCUT2D eigenvalue weighted by atomic mass is 16.7. The molecule has 2 aliphatic rings. The molecule has 4 atom stereocenters. The van der Waals surface area contributed by atoms with E-state index >= 15 is 0 Å². The summed E-state index contributed by atoms with van der Waals surface area (Å²) in [5.74, 6) is 0. The summed E-state index contributed by atoms with van der Waals surface area (Å²) < 4.78 is 21.9. The lowest BCUT2D eigenvalue weighted by atomic mass is 10.1. The molecular formula is C22H38O6. The molecule has 0 bridgehead atoms. The highest BCUT2D eigenvalue weighted by molar-refractivity contribution is 4.95. The number of hydrogen-bond donors (Lipinski definition) is 2. The lowest BCUT2D eigenvalue weighted by Gasteiger charge is -2.20. The minimum absolute atomic E-state index is 0.284. The predicted octanol–water partition coefficient (Wildman–Crippen LogP) is 3.47. The van der Waals surface area contributed by atoms with Gasteiger partial charge in [-0.1, -0.05) is 63.5 Å². The van der Waals surface area contributed by atoms with E-state index in [1.807, 2.05) is 0 Å². The van der Waals surface area contributed by atoms with Crippen molar-refractivity contribution in [3.63, 3.8) is 0 Å². The van der Waals surface area contributed by atoms with Crippen molar-refractivity contribution in [2.45, 2.75) is 89.0 Å². The molecular weight excluding hydrogens is 360 g/mol. The normalized spacial score (nSPS) is 27.4. The van der Waals surface area contributed by atoms with Gasteiger partial charge in [0.2, 0.25) is 0 Å². The lowest BCUT2D eigenvalue weighted by Crippen LogP contribution is -2.26. The van der Waals surface area contributed by atoms with Crippen LogP contribution >= 0.6 is 0 Å². The highest BCUT2D eigenvalue weighted by Gasteiger charge is 2.14. The molecule has 6 nitrogen and oxygen atoms in total. The zero-order valence-electron chi connectivity index (χ0n) is 17.0. The second kappa shape index (κ2) is 15.1. The lowest BCUT2D eigenvalue weighted by molar-refractivity contribution is -0.133. The first-order valence-electron chi connectivity index (χ1n) is 10.9. The Bertz CT molecular complexity index is 399. The molecule has 6 heteroatoms. The van der Waals surface area contributed by atoms with E-state index in [2.05, 4.69) is 0 Å². The average Bonchev–Trinajstić information content (AvgIpc) is 2.71. The first-order valence-corrected chi connectivity index (χ1v) is 10.9. The fourth-order valence-electron chi connectivity index (χ4n) is 3.27. The number of hydrogen-bond acceptors (Lipinski definition) is 6. The third kappa shape index (κ3) is 11.3. The molecule has 0 aromatic heterocycles. The summed E-state index contributed by atoms with van der Waals surface area (Å²) in [5.41, 5.74) is 0. The standard InChI is InChI=1S/C22H38O6/c23-19-11-13-21(27-17-19)25-15-9-7-5-3-1-2-4-6-8-10-16-26-22-14-12-20(24)18-28-22/h11-14,19-24H,1-10,15-18H2/t19-,20-,21-,22+/m0/s1. The zero-order chi connectivity index (χ0) is 19.9. The van der Waals surface area contributed by atoms with Crippen molar-refractivity contribution < 1.29 is 29.2 Å². The van der Waals surface area contributed by atoms with Gasteiger partial charge in [-0.05, 0) is 25.0 Å². The van der Waals surface area contributed by atoms with Crippen LogP contribution in [0.1, 0.15) is 64.2 Å². The van der Waals surface area contributed by atoms with E-state index < -0.39 is 12.2 Å². The first kappa shape index (κ1) is 23.5. The molecule has 162 valence electrons. The van der Waals surface area contributed by atoms with Crippen LogP contribution in [-0.2, 0) is 18.9 Å². The minimum Gasteiger partial charge on any atom is -0.387 e. The van der Waals surface area contributed by atoms with Gasteiger partial charge in [0, 0.05) is 0 Å². The van der Waals surface area contributed by atoms with E-state index in [-0.39, 0.29) is 12.6 Å². The summed E-state index contributed by atoms with van der Waals surface area (Å²) in [6, 6.07) is 0. The molecule has 0 aromatic carbocycles. The summed E-state index contributed by atoms with van der Waals surface area (Å²) >= 11 is 0. The van der Waals surface area contributed by atoms with Gasteiger partial charge >= 0.3 is 0 Å². The van der Waals surface area contributed by atoms with Crippen LogP contribution in [0.3, 0.4) is 0 Å². The SMILES string of the molecule is O[C@H]1C=C[C@H](OCCCCCCCCCCCCO[C@@H]2C=C[C@H](O)CO2)OC1. The average molecular weight is 399 g/mol. The Balaban J connectivity index is 1.26. The molecule has 0 amide bonds. The van der Waals surface area contributed by atoms with Crippen LogP contribution < -0.4 is 0 Å². The second-order valence-electron chi connectivity index (χ2n) is 7.59. The fraction of sp³-hybridized carbons (Fsp3) is 0.818. The molecule has 0 spiro atoms. The minimum atomic E-state index is -0.488. The second-order valence-corrected chi connectivity index (χ2v) is 7.59. The molecule has 0 unspecified atom stereocenters. The van der Waals surface area contributed by atoms with Gasteiger partial charge in [0.25, 0.3) is 0 Å². The Hall–Kier alpha value is -0.760. The summed E-state index contributed by atoms with van der Waals surface area (Å²) in [5, 5.41) is 18.6. The zero-order valence-corrected chi connectivity index (χ0v) is 17.0. The number of ether oxygens (including phenoxy) is 4. The first-order chi connectivity index (χ1) is 13.7. The quantitative estimate of drug-likeness (QED) is 0.325. The summed E-state index contributed by atoms with van der Waals surface area (Å²) in [4.78, 5) is 0. The molecule has 2 heterocycles. The summed E-state index contributed by atoms with van der Waals surface area (Å²) in [7, 11) is 0. The van der Waals surface area contributed by atoms with Crippen molar-refractivity contribution in [3.8, 4) is 0 Å². The molecule has 0 aromatic rings. The molecule has 0 radical (unpaired) electrons. The predicted molar refractivity (Wildman–Crippen MR) is 108 cm³/mol. The molecule has 2 rings (SSSR count). The van der Waals surface area contributed by atoms with Gasteiger partial charge in [-0.25, -0.2) is 0 Å². The Kier molecular flexibility index (Phi) is 12.7. The largest absolute Gasteiger partial charge is 0.387 e. The van der Waals surface area contributed by atoms with Crippen molar-refractivity contribution >= 4 is 0 Å². The van der Waals surface area contributed by atoms with Gasteiger partial charge in [0.1, 0.15) is 0 Å². The van der Waals surface area contributed by atoms with E-state index in [1.54, 1.807) is 24.3 Å². The van der Waals surface area contributed by atoms with E-state index in [1.165, 1.54) is 51.4 Å². The van der Waals surface area contributed by atoms with E-state index in [4.69, 9.17) is 18.9 Å². The van der Waals surface area contributed by atoms with Crippen LogP contribution in [-0.4, -0.2) is 61.4 Å². The summed E-state index contributed by atoms with van der Waals surface area (Å²) in [6.45, 7) is 2.09. The van der Waals surface area contributed by atoms with Gasteiger partial charge in [-0.15, -0.1) is 0 Å². The molecule has 28 heavy (non-hydrogen) atoms. The Labute approximate surface area is 169 Å². The number of aliphatic hydroxyl groups is 2. The van der Waals surface area contributed by atoms with Crippen molar-refractivity contribution in [1.29, 1.82) is 0 Å². The summed E-state index contributed by atoms with van der Waals surface area (Å²) in [6.07, 6.45) is 17.8. The molecule has 0 saturated heterocycles. The van der Waals surface area contributed by atoms with Crippen LogP contribution in [0.15, 0.2) is 24.3 Å². The van der Waals surface area contributed by atoms with Crippen LogP contribution in [0.2, 0.25) is 0 Å². The van der Waals surface area contributed by atoms with Gasteiger partial charge in [0.05, 0.1) is 38.6 Å². The van der Waals surface area contributed by atoms with Gasteiger partial charge < -0.3 is 29.2 Å². The van der Waals surface area contributed by atoms with Crippen molar-refractivity contribution in [3.05, 3.63) is 24.3 Å². The molecule has 2 N–H and O–H groups in total. The van der Waals surface area contributed by atoms with Crippen molar-refractivity contribution in [1.82, 2.24) is 0 Å². The molecule has 2 aliphatic heterocycles. The van der Waals surface area contributed by atoms with Crippen molar-refractivity contribution in [2.24, 2.45) is 0 Å². The van der Waals surface area contributed by atoms with Crippen molar-refractivity contribution in [2.75, 3.05) is 26.4 Å².